The zero-order valence-corrected chi connectivity index (χ0v) is 11.7. The van der Waals surface area contributed by atoms with Crippen molar-refractivity contribution in [2.75, 3.05) is 0 Å². The van der Waals surface area contributed by atoms with Crippen LogP contribution in [-0.4, -0.2) is 0 Å². The molecule has 18 heavy (non-hydrogen) atoms. The maximum absolute atomic E-state index is 6.27. The number of rotatable bonds is 2. The van der Waals surface area contributed by atoms with Gasteiger partial charge >= 0.3 is 0 Å². The summed E-state index contributed by atoms with van der Waals surface area (Å²) >= 11 is 7.99. The zero-order chi connectivity index (χ0) is 12.5. The fraction of sp³-hybridized carbons (Fsp3) is 0.333. The lowest BCUT2D eigenvalue weighted by atomic mass is 9.83. The molecule has 1 aromatic heterocycles. The molecule has 0 saturated heterocycles. The van der Waals surface area contributed by atoms with Crippen molar-refractivity contribution in [1.82, 2.24) is 0 Å². The SMILES string of the molecule is NCc1c(Cl)sc2c1CCC(c1ccccc1)C2. The van der Waals surface area contributed by atoms with E-state index in [2.05, 4.69) is 30.3 Å². The zero-order valence-electron chi connectivity index (χ0n) is 10.2. The van der Waals surface area contributed by atoms with Crippen molar-refractivity contribution in [3.8, 4) is 0 Å². The summed E-state index contributed by atoms with van der Waals surface area (Å²) in [4.78, 5) is 1.44. The van der Waals surface area contributed by atoms with Gasteiger partial charge in [-0.15, -0.1) is 11.3 Å². The highest BCUT2D eigenvalue weighted by molar-refractivity contribution is 7.16. The highest BCUT2D eigenvalue weighted by atomic mass is 35.5. The second-order valence-electron chi connectivity index (χ2n) is 4.81. The van der Waals surface area contributed by atoms with Crippen LogP contribution in [0.1, 0.15) is 33.9 Å². The van der Waals surface area contributed by atoms with Gasteiger partial charge in [0.05, 0.1) is 4.34 Å². The summed E-state index contributed by atoms with van der Waals surface area (Å²) in [6.07, 6.45) is 3.44. The molecular weight excluding hydrogens is 262 g/mol. The maximum Gasteiger partial charge on any atom is 0.0978 e. The van der Waals surface area contributed by atoms with E-state index in [1.165, 1.54) is 28.0 Å². The van der Waals surface area contributed by atoms with Gasteiger partial charge in [-0.25, -0.2) is 0 Å². The summed E-state index contributed by atoms with van der Waals surface area (Å²) in [5, 5.41) is 0. The molecule has 2 aromatic rings. The molecule has 0 fully saturated rings. The van der Waals surface area contributed by atoms with Gasteiger partial charge in [-0.1, -0.05) is 41.9 Å². The van der Waals surface area contributed by atoms with Crippen LogP contribution in [0.15, 0.2) is 30.3 Å². The average Bonchev–Trinajstić information content (AvgIpc) is 2.74. The molecule has 0 radical (unpaired) electrons. The normalized spacial score (nSPS) is 18.7. The molecule has 3 heteroatoms. The molecule has 0 amide bonds. The Labute approximate surface area is 117 Å². The van der Waals surface area contributed by atoms with Crippen LogP contribution in [-0.2, 0) is 19.4 Å². The van der Waals surface area contributed by atoms with E-state index in [9.17, 15) is 0 Å². The molecule has 0 spiro atoms. The molecule has 2 N–H and O–H groups in total. The van der Waals surface area contributed by atoms with Crippen molar-refractivity contribution < 1.29 is 0 Å². The molecule has 1 aliphatic rings. The highest BCUT2D eigenvalue weighted by Gasteiger charge is 2.25. The van der Waals surface area contributed by atoms with E-state index in [0.29, 0.717) is 12.5 Å². The van der Waals surface area contributed by atoms with Crippen molar-refractivity contribution in [2.45, 2.75) is 31.7 Å². The van der Waals surface area contributed by atoms with E-state index >= 15 is 0 Å². The lowest BCUT2D eigenvalue weighted by molar-refractivity contribution is 0.590. The van der Waals surface area contributed by atoms with Crippen LogP contribution in [0.25, 0.3) is 0 Å². The van der Waals surface area contributed by atoms with Gasteiger partial charge in [-0.05, 0) is 41.9 Å². The summed E-state index contributed by atoms with van der Waals surface area (Å²) in [6, 6.07) is 10.8. The van der Waals surface area contributed by atoms with Crippen molar-refractivity contribution in [2.24, 2.45) is 5.73 Å². The van der Waals surface area contributed by atoms with E-state index < -0.39 is 0 Å². The van der Waals surface area contributed by atoms with Gasteiger partial charge in [0.15, 0.2) is 0 Å². The molecule has 1 unspecified atom stereocenters. The predicted molar refractivity (Wildman–Crippen MR) is 78.4 cm³/mol. The first kappa shape index (κ1) is 12.2. The monoisotopic (exact) mass is 277 g/mol. The first-order valence-corrected chi connectivity index (χ1v) is 7.53. The molecule has 3 rings (SSSR count). The van der Waals surface area contributed by atoms with E-state index in [4.69, 9.17) is 17.3 Å². The quantitative estimate of drug-likeness (QED) is 0.877. The van der Waals surface area contributed by atoms with Gasteiger partial charge in [-0.2, -0.15) is 0 Å². The van der Waals surface area contributed by atoms with E-state index in [-0.39, 0.29) is 0 Å². The van der Waals surface area contributed by atoms with Gasteiger partial charge in [0, 0.05) is 11.4 Å². The van der Waals surface area contributed by atoms with Gasteiger partial charge in [-0.3, -0.25) is 0 Å². The summed E-state index contributed by atoms with van der Waals surface area (Å²) < 4.78 is 0.899. The van der Waals surface area contributed by atoms with Gasteiger partial charge in [0.1, 0.15) is 0 Å². The van der Waals surface area contributed by atoms with Crippen molar-refractivity contribution in [3.63, 3.8) is 0 Å². The Morgan fingerprint density at radius 1 is 1.28 bits per heavy atom. The lowest BCUT2D eigenvalue weighted by Crippen LogP contribution is -2.12. The topological polar surface area (TPSA) is 26.0 Å². The van der Waals surface area contributed by atoms with Crippen molar-refractivity contribution in [3.05, 3.63) is 56.2 Å². The van der Waals surface area contributed by atoms with E-state index in [1.54, 1.807) is 11.3 Å². The van der Waals surface area contributed by atoms with Crippen LogP contribution in [0.4, 0.5) is 0 Å². The average molecular weight is 278 g/mol. The van der Waals surface area contributed by atoms with Crippen LogP contribution >= 0.6 is 22.9 Å². The van der Waals surface area contributed by atoms with Crippen molar-refractivity contribution in [1.29, 1.82) is 0 Å². The fourth-order valence-corrected chi connectivity index (χ4v) is 4.48. The fourth-order valence-electron chi connectivity index (χ4n) is 2.83. The standard InChI is InChI=1S/C15H16ClNS/c16-15-13(9-17)12-7-6-11(8-14(12)18-15)10-4-2-1-3-5-10/h1-5,11H,6-9,17H2. The molecule has 0 saturated carbocycles. The third kappa shape index (κ3) is 2.09. The number of benzene rings is 1. The third-order valence-electron chi connectivity index (χ3n) is 3.80. The second-order valence-corrected chi connectivity index (χ2v) is 6.52. The minimum atomic E-state index is 0.570. The number of thiophene rings is 1. The third-order valence-corrected chi connectivity index (χ3v) is 5.35. The first-order chi connectivity index (χ1) is 8.79. The number of nitrogens with two attached hydrogens (primary N) is 1. The lowest BCUT2D eigenvalue weighted by Gasteiger charge is -2.23. The van der Waals surface area contributed by atoms with Gasteiger partial charge in [0.2, 0.25) is 0 Å². The summed E-state index contributed by atoms with van der Waals surface area (Å²) in [5.74, 6) is 0.638. The van der Waals surface area contributed by atoms with Crippen LogP contribution in [0.3, 0.4) is 0 Å². The van der Waals surface area contributed by atoms with E-state index in [1.807, 2.05) is 0 Å². The Morgan fingerprint density at radius 2 is 2.06 bits per heavy atom. The molecule has 1 aliphatic carbocycles. The Bertz CT molecular complexity index is 547. The maximum atomic E-state index is 6.27. The van der Waals surface area contributed by atoms with Crippen LogP contribution in [0.2, 0.25) is 4.34 Å². The Morgan fingerprint density at radius 3 is 2.78 bits per heavy atom. The second kappa shape index (κ2) is 5.04. The molecule has 1 aromatic carbocycles. The van der Waals surface area contributed by atoms with Crippen LogP contribution in [0, 0.1) is 0 Å². The Kier molecular flexibility index (Phi) is 3.42. The van der Waals surface area contributed by atoms with Crippen LogP contribution in [0.5, 0.6) is 0 Å². The smallest absolute Gasteiger partial charge is 0.0978 e. The summed E-state index contributed by atoms with van der Waals surface area (Å²) in [6.45, 7) is 0.570. The number of hydrogen-bond donors (Lipinski definition) is 1. The van der Waals surface area contributed by atoms with Gasteiger partial charge < -0.3 is 5.73 Å². The van der Waals surface area contributed by atoms with Crippen molar-refractivity contribution >= 4 is 22.9 Å². The Balaban J connectivity index is 1.90. The first-order valence-electron chi connectivity index (χ1n) is 6.33. The van der Waals surface area contributed by atoms with Crippen LogP contribution < -0.4 is 5.73 Å². The molecule has 94 valence electrons. The Hall–Kier alpha value is -0.830. The summed E-state index contributed by atoms with van der Waals surface area (Å²) in [7, 11) is 0. The van der Waals surface area contributed by atoms with Gasteiger partial charge in [0.25, 0.3) is 0 Å². The number of fused-ring (bicyclic) bond motifs is 1. The molecular formula is C15H16ClNS. The minimum Gasteiger partial charge on any atom is -0.326 e. The molecule has 0 bridgehead atoms. The van der Waals surface area contributed by atoms with E-state index in [0.717, 1.165) is 17.2 Å². The highest BCUT2D eigenvalue weighted by Crippen LogP contribution is 2.41. The number of halogens is 1. The summed E-state index contributed by atoms with van der Waals surface area (Å²) in [5.41, 5.74) is 9.85. The predicted octanol–water partition coefficient (Wildman–Crippen LogP) is 4.13. The minimum absolute atomic E-state index is 0.570. The molecule has 0 aliphatic heterocycles. The molecule has 1 nitrogen and oxygen atoms in total. The largest absolute Gasteiger partial charge is 0.326 e. The molecule has 1 heterocycles. The molecule has 1 atom stereocenters. The number of hydrogen-bond acceptors (Lipinski definition) is 2.